The molecule has 33 heavy (non-hydrogen) atoms. The Bertz CT molecular complexity index is 894. The van der Waals surface area contributed by atoms with Crippen LogP contribution in [0.25, 0.3) is 0 Å². The van der Waals surface area contributed by atoms with Crippen molar-refractivity contribution >= 4 is 35.8 Å². The molecular weight excluding hydrogens is 531 g/mol. The standard InChI is InChI=1S/C23H36N8O.HI/c1-3-24-23(27-19-8-9-21-28-20(17-32-2)29-31(21)16-19)26-15-18-10-11-25-22(14-18)30-12-6-4-5-7-13-30;/h10-11,14,19H,3-9,12-13,15-17H2,1-2H3,(H2,24,26,27);1H. The average molecular weight is 569 g/mol. The van der Waals surface area contributed by atoms with E-state index in [0.29, 0.717) is 13.2 Å². The van der Waals surface area contributed by atoms with Crippen molar-refractivity contribution in [2.45, 2.75) is 71.2 Å². The van der Waals surface area contributed by atoms with Gasteiger partial charge in [0.2, 0.25) is 0 Å². The highest BCUT2D eigenvalue weighted by atomic mass is 127. The summed E-state index contributed by atoms with van der Waals surface area (Å²) in [6.07, 6.45) is 8.96. The molecule has 4 rings (SSSR count). The maximum Gasteiger partial charge on any atom is 0.191 e. The van der Waals surface area contributed by atoms with Gasteiger partial charge in [-0.3, -0.25) is 0 Å². The third-order valence-corrected chi connectivity index (χ3v) is 6.02. The molecule has 2 aromatic heterocycles. The van der Waals surface area contributed by atoms with Crippen LogP contribution in [0.2, 0.25) is 0 Å². The molecule has 2 N–H and O–H groups in total. The summed E-state index contributed by atoms with van der Waals surface area (Å²) in [6.45, 7) is 6.97. The number of ether oxygens (including phenoxy) is 1. The fraction of sp³-hybridized carbons (Fsp3) is 0.652. The van der Waals surface area contributed by atoms with Crippen molar-refractivity contribution in [3.63, 3.8) is 0 Å². The van der Waals surface area contributed by atoms with Crippen molar-refractivity contribution in [1.29, 1.82) is 0 Å². The number of hydrogen-bond donors (Lipinski definition) is 2. The van der Waals surface area contributed by atoms with Crippen molar-refractivity contribution in [2.75, 3.05) is 31.6 Å². The van der Waals surface area contributed by atoms with Crippen LogP contribution in [-0.2, 0) is 30.9 Å². The van der Waals surface area contributed by atoms with Gasteiger partial charge in [-0.1, -0.05) is 12.8 Å². The number of nitrogens with one attached hydrogen (secondary N) is 2. The number of fused-ring (bicyclic) bond motifs is 1. The number of nitrogens with zero attached hydrogens (tertiary/aromatic N) is 6. The highest BCUT2D eigenvalue weighted by Crippen LogP contribution is 2.19. The van der Waals surface area contributed by atoms with Gasteiger partial charge in [-0.25, -0.2) is 19.6 Å². The molecule has 1 saturated heterocycles. The normalized spacial score (nSPS) is 18.8. The summed E-state index contributed by atoms with van der Waals surface area (Å²) in [5.41, 5.74) is 1.18. The Morgan fingerprint density at radius 1 is 1.24 bits per heavy atom. The lowest BCUT2D eigenvalue weighted by Crippen LogP contribution is -2.47. The fourth-order valence-corrected chi connectivity index (χ4v) is 4.38. The van der Waals surface area contributed by atoms with Crippen molar-refractivity contribution in [2.24, 2.45) is 4.99 Å². The minimum absolute atomic E-state index is 0. The fourth-order valence-electron chi connectivity index (χ4n) is 4.38. The van der Waals surface area contributed by atoms with Crippen molar-refractivity contribution in [3.05, 3.63) is 35.5 Å². The van der Waals surface area contributed by atoms with E-state index in [1.807, 2.05) is 10.9 Å². The molecule has 0 saturated carbocycles. The van der Waals surface area contributed by atoms with E-state index < -0.39 is 0 Å². The molecule has 1 unspecified atom stereocenters. The number of guanidine groups is 1. The van der Waals surface area contributed by atoms with E-state index in [2.05, 4.69) is 49.7 Å². The zero-order valence-electron chi connectivity index (χ0n) is 19.8. The summed E-state index contributed by atoms with van der Waals surface area (Å²) >= 11 is 0. The molecule has 0 radical (unpaired) electrons. The second-order valence-electron chi connectivity index (χ2n) is 8.56. The third kappa shape index (κ3) is 7.26. The summed E-state index contributed by atoms with van der Waals surface area (Å²) in [6, 6.07) is 4.52. The van der Waals surface area contributed by atoms with Crippen LogP contribution in [0, 0.1) is 0 Å². The van der Waals surface area contributed by atoms with Crippen LogP contribution < -0.4 is 15.5 Å². The topological polar surface area (TPSA) is 92.5 Å². The molecule has 2 aliphatic rings. The Hall–Kier alpha value is -1.95. The quantitative estimate of drug-likeness (QED) is 0.302. The molecule has 4 heterocycles. The largest absolute Gasteiger partial charge is 0.377 e. The Labute approximate surface area is 213 Å². The number of aliphatic imine (C=N–C) groups is 1. The van der Waals surface area contributed by atoms with Crippen LogP contribution in [-0.4, -0.2) is 58.5 Å². The van der Waals surface area contributed by atoms with Crippen LogP contribution in [0.5, 0.6) is 0 Å². The van der Waals surface area contributed by atoms with E-state index in [1.165, 1.54) is 31.2 Å². The van der Waals surface area contributed by atoms with Gasteiger partial charge in [0.15, 0.2) is 11.8 Å². The molecular formula is C23H37IN8O. The molecule has 2 aliphatic heterocycles. The first kappa shape index (κ1) is 25.7. The van der Waals surface area contributed by atoms with E-state index in [9.17, 15) is 0 Å². The van der Waals surface area contributed by atoms with E-state index in [1.54, 1.807) is 7.11 Å². The first-order valence-electron chi connectivity index (χ1n) is 11.9. The van der Waals surface area contributed by atoms with Crippen LogP contribution in [0.3, 0.4) is 0 Å². The van der Waals surface area contributed by atoms with Crippen molar-refractivity contribution < 1.29 is 4.74 Å². The number of aromatic nitrogens is 4. The molecule has 1 fully saturated rings. The predicted octanol–water partition coefficient (Wildman–Crippen LogP) is 2.89. The van der Waals surface area contributed by atoms with E-state index in [-0.39, 0.29) is 30.0 Å². The van der Waals surface area contributed by atoms with Gasteiger partial charge in [0.05, 0.1) is 13.1 Å². The van der Waals surface area contributed by atoms with Crippen LogP contribution in [0.4, 0.5) is 5.82 Å². The Morgan fingerprint density at radius 3 is 2.82 bits per heavy atom. The molecule has 0 amide bonds. The van der Waals surface area contributed by atoms with Crippen LogP contribution >= 0.6 is 24.0 Å². The molecule has 0 bridgehead atoms. The summed E-state index contributed by atoms with van der Waals surface area (Å²) in [7, 11) is 1.67. The van der Waals surface area contributed by atoms with Gasteiger partial charge in [-0.2, -0.15) is 5.10 Å². The van der Waals surface area contributed by atoms with Gasteiger partial charge in [0.1, 0.15) is 18.2 Å². The number of halogens is 1. The molecule has 182 valence electrons. The molecule has 9 nitrogen and oxygen atoms in total. The lowest BCUT2D eigenvalue weighted by molar-refractivity contribution is 0.177. The first-order valence-corrected chi connectivity index (χ1v) is 11.9. The number of rotatable bonds is 7. The highest BCUT2D eigenvalue weighted by Gasteiger charge is 2.22. The van der Waals surface area contributed by atoms with Gasteiger partial charge in [-0.05, 0) is 43.9 Å². The Balaban J connectivity index is 0.00000306. The molecule has 0 aliphatic carbocycles. The lowest BCUT2D eigenvalue weighted by atomic mass is 10.1. The van der Waals surface area contributed by atoms with Crippen LogP contribution in [0.1, 0.15) is 56.2 Å². The SMILES string of the molecule is CCNC(=NCc1ccnc(N2CCCCCC2)c1)NC1CCc2nc(COC)nn2C1.I. The number of anilines is 1. The number of methoxy groups -OCH3 is 1. The second-order valence-corrected chi connectivity index (χ2v) is 8.56. The number of pyridine rings is 1. The van der Waals surface area contributed by atoms with E-state index in [0.717, 1.165) is 62.4 Å². The molecule has 0 spiro atoms. The van der Waals surface area contributed by atoms with Gasteiger partial charge in [-0.15, -0.1) is 24.0 Å². The van der Waals surface area contributed by atoms with E-state index >= 15 is 0 Å². The Kier molecular flexibility index (Phi) is 10.2. The van der Waals surface area contributed by atoms with Crippen molar-refractivity contribution in [1.82, 2.24) is 30.4 Å². The zero-order chi connectivity index (χ0) is 22.2. The highest BCUT2D eigenvalue weighted by molar-refractivity contribution is 14.0. The smallest absolute Gasteiger partial charge is 0.191 e. The maximum atomic E-state index is 5.17. The minimum atomic E-state index is 0. The van der Waals surface area contributed by atoms with Gasteiger partial charge in [0.25, 0.3) is 0 Å². The average Bonchev–Trinajstić information content (AvgIpc) is 3.01. The van der Waals surface area contributed by atoms with Gasteiger partial charge < -0.3 is 20.3 Å². The number of hydrogen-bond acceptors (Lipinski definition) is 6. The van der Waals surface area contributed by atoms with Crippen molar-refractivity contribution in [3.8, 4) is 0 Å². The summed E-state index contributed by atoms with van der Waals surface area (Å²) in [5, 5.41) is 11.5. The summed E-state index contributed by atoms with van der Waals surface area (Å²) in [4.78, 5) is 16.5. The Morgan fingerprint density at radius 2 is 2.06 bits per heavy atom. The lowest BCUT2D eigenvalue weighted by Gasteiger charge is -2.25. The summed E-state index contributed by atoms with van der Waals surface area (Å²) in [5.74, 6) is 3.71. The summed E-state index contributed by atoms with van der Waals surface area (Å²) < 4.78 is 7.16. The van der Waals surface area contributed by atoms with Gasteiger partial charge in [0, 0.05) is 45.4 Å². The minimum Gasteiger partial charge on any atom is -0.377 e. The van der Waals surface area contributed by atoms with Gasteiger partial charge >= 0.3 is 0 Å². The molecule has 2 aromatic rings. The molecule has 1 atom stereocenters. The zero-order valence-corrected chi connectivity index (χ0v) is 22.1. The number of aryl methyl sites for hydroxylation is 1. The molecule has 10 heteroatoms. The molecule has 0 aromatic carbocycles. The monoisotopic (exact) mass is 568 g/mol. The second kappa shape index (κ2) is 13.1. The van der Waals surface area contributed by atoms with E-state index in [4.69, 9.17) is 9.73 Å². The third-order valence-electron chi connectivity index (χ3n) is 6.02. The predicted molar refractivity (Wildman–Crippen MR) is 141 cm³/mol. The first-order chi connectivity index (χ1) is 15.7. The van der Waals surface area contributed by atoms with Crippen LogP contribution in [0.15, 0.2) is 23.3 Å². The maximum absolute atomic E-state index is 5.17.